The maximum atomic E-state index is 10.0. The first kappa shape index (κ1) is 9.44. The first-order valence-corrected chi connectivity index (χ1v) is 5.43. The molecule has 1 aromatic heterocycles. The highest BCUT2D eigenvalue weighted by atomic mass is 32.1. The van der Waals surface area contributed by atoms with Crippen LogP contribution in [0.25, 0.3) is 0 Å². The third-order valence-corrected chi connectivity index (χ3v) is 3.24. The van der Waals surface area contributed by atoms with Gasteiger partial charge in [0.2, 0.25) is 0 Å². The molecular weight excluding hydrogens is 192 g/mol. The molecule has 0 saturated heterocycles. The maximum absolute atomic E-state index is 10.0. The summed E-state index contributed by atoms with van der Waals surface area (Å²) in [7, 11) is 0. The highest BCUT2D eigenvalue weighted by molar-refractivity contribution is 7.10. The fourth-order valence-electron chi connectivity index (χ4n) is 1.40. The van der Waals surface area contributed by atoms with Gasteiger partial charge in [0.15, 0.2) is 0 Å². The van der Waals surface area contributed by atoms with Crippen molar-refractivity contribution >= 4 is 11.3 Å². The molecule has 2 aromatic rings. The van der Waals surface area contributed by atoms with Gasteiger partial charge in [-0.3, -0.25) is 0 Å². The average Bonchev–Trinajstić information content (AvgIpc) is 2.65. The van der Waals surface area contributed by atoms with E-state index in [2.05, 4.69) is 5.38 Å². The summed E-state index contributed by atoms with van der Waals surface area (Å²) in [5.74, 6) is 0. The molecule has 0 fully saturated rings. The molecule has 2 heteroatoms. The van der Waals surface area contributed by atoms with E-state index in [-0.39, 0.29) is 0 Å². The molecule has 1 N–H and O–H groups in total. The minimum absolute atomic E-state index is 0.477. The monoisotopic (exact) mass is 204 g/mol. The van der Waals surface area contributed by atoms with Gasteiger partial charge in [-0.25, -0.2) is 0 Å². The molecule has 0 amide bonds. The Kier molecular flexibility index (Phi) is 2.66. The fourth-order valence-corrected chi connectivity index (χ4v) is 2.31. The van der Waals surface area contributed by atoms with Crippen LogP contribution in [0.15, 0.2) is 41.8 Å². The van der Waals surface area contributed by atoms with Gasteiger partial charge < -0.3 is 5.11 Å². The number of thiophene rings is 1. The topological polar surface area (TPSA) is 20.2 Å². The predicted octanol–water partition coefficient (Wildman–Crippen LogP) is 3.14. The summed E-state index contributed by atoms with van der Waals surface area (Å²) in [4.78, 5) is 1.01. The van der Waals surface area contributed by atoms with E-state index < -0.39 is 6.10 Å². The lowest BCUT2D eigenvalue weighted by atomic mass is 10.1. The largest absolute Gasteiger partial charge is 0.383 e. The predicted molar refractivity (Wildman–Crippen MR) is 59.6 cm³/mol. The molecule has 0 aliphatic heterocycles. The third-order valence-electron chi connectivity index (χ3n) is 2.14. The quantitative estimate of drug-likeness (QED) is 0.796. The number of aliphatic hydroxyl groups excluding tert-OH is 1. The maximum Gasteiger partial charge on any atom is 0.113 e. The Hall–Kier alpha value is -1.12. The Morgan fingerprint density at radius 2 is 1.93 bits per heavy atom. The zero-order valence-corrected chi connectivity index (χ0v) is 8.79. The van der Waals surface area contributed by atoms with E-state index in [1.54, 1.807) is 11.3 Å². The van der Waals surface area contributed by atoms with Gasteiger partial charge in [-0.15, -0.1) is 11.3 Å². The first-order chi connectivity index (χ1) is 6.77. The lowest BCUT2D eigenvalue weighted by Crippen LogP contribution is -1.95. The van der Waals surface area contributed by atoms with Crippen LogP contribution in [0, 0.1) is 6.92 Å². The van der Waals surface area contributed by atoms with Gasteiger partial charge in [0.05, 0.1) is 0 Å². The summed E-state index contributed by atoms with van der Waals surface area (Å²) < 4.78 is 0. The van der Waals surface area contributed by atoms with Crippen molar-refractivity contribution in [2.24, 2.45) is 0 Å². The molecule has 0 aliphatic carbocycles. The van der Waals surface area contributed by atoms with Crippen LogP contribution in [-0.2, 0) is 0 Å². The minimum atomic E-state index is -0.477. The van der Waals surface area contributed by atoms with Crippen molar-refractivity contribution in [3.63, 3.8) is 0 Å². The van der Waals surface area contributed by atoms with E-state index in [9.17, 15) is 5.11 Å². The molecule has 1 heterocycles. The van der Waals surface area contributed by atoms with Crippen LogP contribution >= 0.6 is 11.3 Å². The van der Waals surface area contributed by atoms with Crippen LogP contribution in [0.4, 0.5) is 0 Å². The molecule has 72 valence electrons. The molecule has 1 aromatic carbocycles. The summed E-state index contributed by atoms with van der Waals surface area (Å²) in [6.45, 7) is 2.04. The highest BCUT2D eigenvalue weighted by Gasteiger charge is 2.10. The molecule has 0 aliphatic rings. The second kappa shape index (κ2) is 3.95. The molecule has 1 atom stereocenters. The van der Waals surface area contributed by atoms with Gasteiger partial charge >= 0.3 is 0 Å². The van der Waals surface area contributed by atoms with Crippen molar-refractivity contribution in [2.75, 3.05) is 0 Å². The number of rotatable bonds is 2. The number of hydrogen-bond acceptors (Lipinski definition) is 2. The Labute approximate surface area is 87.7 Å². The van der Waals surface area contributed by atoms with Gasteiger partial charge in [0.1, 0.15) is 6.10 Å². The highest BCUT2D eigenvalue weighted by Crippen LogP contribution is 2.26. The Morgan fingerprint density at radius 3 is 2.50 bits per heavy atom. The van der Waals surface area contributed by atoms with Crippen LogP contribution in [-0.4, -0.2) is 5.11 Å². The average molecular weight is 204 g/mol. The summed E-state index contributed by atoms with van der Waals surface area (Å²) in [5, 5.41) is 12.1. The molecular formula is C12H12OS. The minimum Gasteiger partial charge on any atom is -0.383 e. The van der Waals surface area contributed by atoms with Crippen molar-refractivity contribution in [3.05, 3.63) is 57.8 Å². The zero-order valence-electron chi connectivity index (χ0n) is 7.97. The van der Waals surface area contributed by atoms with Crippen molar-refractivity contribution in [2.45, 2.75) is 13.0 Å². The van der Waals surface area contributed by atoms with Crippen molar-refractivity contribution in [3.8, 4) is 0 Å². The Balaban J connectivity index is 2.29. The van der Waals surface area contributed by atoms with Crippen LogP contribution in [0.3, 0.4) is 0 Å². The van der Waals surface area contributed by atoms with E-state index in [0.29, 0.717) is 0 Å². The number of aliphatic hydroxyl groups is 1. The van der Waals surface area contributed by atoms with Crippen LogP contribution in [0.5, 0.6) is 0 Å². The molecule has 0 spiro atoms. The van der Waals surface area contributed by atoms with E-state index >= 15 is 0 Å². The van der Waals surface area contributed by atoms with E-state index in [1.807, 2.05) is 43.3 Å². The van der Waals surface area contributed by atoms with Crippen LogP contribution in [0.2, 0.25) is 0 Å². The van der Waals surface area contributed by atoms with Gasteiger partial charge in [-0.05, 0) is 29.5 Å². The molecule has 0 saturated carbocycles. The standard InChI is InChI=1S/C12H12OS/c1-9-7-11(14-8-9)12(13)10-5-3-2-4-6-10/h2-8,12-13H,1H3. The molecule has 1 nitrogen and oxygen atoms in total. The van der Waals surface area contributed by atoms with Gasteiger partial charge in [-0.1, -0.05) is 30.3 Å². The van der Waals surface area contributed by atoms with E-state index in [4.69, 9.17) is 0 Å². The van der Waals surface area contributed by atoms with Gasteiger partial charge in [0, 0.05) is 4.88 Å². The number of aryl methyl sites for hydroxylation is 1. The summed E-state index contributed by atoms with van der Waals surface area (Å²) in [5.41, 5.74) is 2.16. The molecule has 0 radical (unpaired) electrons. The smallest absolute Gasteiger partial charge is 0.113 e. The third kappa shape index (κ3) is 1.86. The van der Waals surface area contributed by atoms with Crippen LogP contribution < -0.4 is 0 Å². The lowest BCUT2D eigenvalue weighted by Gasteiger charge is -2.07. The molecule has 0 bridgehead atoms. The normalized spacial score (nSPS) is 12.7. The van der Waals surface area contributed by atoms with Crippen molar-refractivity contribution in [1.82, 2.24) is 0 Å². The van der Waals surface area contributed by atoms with Gasteiger partial charge in [-0.2, -0.15) is 0 Å². The fraction of sp³-hybridized carbons (Fsp3) is 0.167. The molecule has 14 heavy (non-hydrogen) atoms. The molecule has 2 rings (SSSR count). The zero-order chi connectivity index (χ0) is 9.97. The summed E-state index contributed by atoms with van der Waals surface area (Å²) in [6.07, 6.45) is -0.477. The van der Waals surface area contributed by atoms with Gasteiger partial charge in [0.25, 0.3) is 0 Å². The van der Waals surface area contributed by atoms with E-state index in [0.717, 1.165) is 10.4 Å². The number of benzene rings is 1. The van der Waals surface area contributed by atoms with E-state index in [1.165, 1.54) is 5.56 Å². The lowest BCUT2D eigenvalue weighted by molar-refractivity contribution is 0.224. The Morgan fingerprint density at radius 1 is 1.21 bits per heavy atom. The van der Waals surface area contributed by atoms with Crippen LogP contribution in [0.1, 0.15) is 22.1 Å². The SMILES string of the molecule is Cc1csc(C(O)c2ccccc2)c1. The van der Waals surface area contributed by atoms with Crippen molar-refractivity contribution in [1.29, 1.82) is 0 Å². The second-order valence-corrected chi connectivity index (χ2v) is 4.28. The van der Waals surface area contributed by atoms with Crippen molar-refractivity contribution < 1.29 is 5.11 Å². The first-order valence-electron chi connectivity index (χ1n) is 4.55. The molecule has 1 unspecified atom stereocenters. The summed E-state index contributed by atoms with van der Waals surface area (Å²) in [6, 6.07) is 11.8. The Bertz CT molecular complexity index is 405. The number of hydrogen-bond donors (Lipinski definition) is 1. The second-order valence-electron chi connectivity index (χ2n) is 3.34. The summed E-state index contributed by atoms with van der Waals surface area (Å²) >= 11 is 1.60.